The minimum atomic E-state index is -1.76. The molecule has 1 aromatic heterocycles. The third-order valence-electron chi connectivity index (χ3n) is 6.43. The van der Waals surface area contributed by atoms with E-state index in [9.17, 15) is 9.59 Å². The van der Waals surface area contributed by atoms with Gasteiger partial charge in [-0.15, -0.1) is 0 Å². The van der Waals surface area contributed by atoms with Crippen molar-refractivity contribution < 1.29 is 19.1 Å². The molecule has 0 saturated heterocycles. The van der Waals surface area contributed by atoms with Crippen molar-refractivity contribution in [2.75, 3.05) is 7.11 Å². The first-order chi connectivity index (χ1) is 17.1. The van der Waals surface area contributed by atoms with Gasteiger partial charge in [0.15, 0.2) is 0 Å². The smallest absolute Gasteiger partial charge is 0.347 e. The van der Waals surface area contributed by atoms with Crippen LogP contribution in [0.25, 0.3) is 0 Å². The van der Waals surface area contributed by atoms with Gasteiger partial charge in [-0.3, -0.25) is 0 Å². The molecule has 7 heteroatoms. The average Bonchev–Trinajstić information content (AvgIpc) is 3.50. The molecule has 35 heavy (non-hydrogen) atoms. The Kier molecular flexibility index (Phi) is 5.53. The summed E-state index contributed by atoms with van der Waals surface area (Å²) in [6.07, 6.45) is 4.10. The topological polar surface area (TPSA) is 82.8 Å². The second kappa shape index (κ2) is 8.68. The average molecular weight is 466 g/mol. The number of aromatic nitrogens is 2. The molecule has 0 bridgehead atoms. The standard InChI is InChI=1S/C28H23N3O4/c1-31-18-17-29-25(31)27(19-32,21-9-5-3-6-10-21)28(22-11-7-4-8-12-22)26(33)35-24(30-28)20-13-15-23(34-2)16-14-20/h3-19H,1-2H3/t27-,28+/m0/s1. The van der Waals surface area contributed by atoms with Gasteiger partial charge in [-0.1, -0.05) is 60.7 Å². The number of aryl methyl sites for hydroxylation is 1. The molecular formula is C28H23N3O4. The molecule has 0 radical (unpaired) electrons. The minimum absolute atomic E-state index is 0.123. The normalized spacial score (nSPS) is 18.9. The number of aliphatic imine (C=N–C) groups is 1. The maximum absolute atomic E-state index is 14.0. The summed E-state index contributed by atoms with van der Waals surface area (Å²) in [5, 5.41) is 0. The third kappa shape index (κ3) is 3.27. The molecule has 0 fully saturated rings. The van der Waals surface area contributed by atoms with E-state index >= 15 is 0 Å². The molecule has 5 rings (SSSR count). The lowest BCUT2D eigenvalue weighted by Gasteiger charge is -2.40. The molecule has 2 heterocycles. The number of methoxy groups -OCH3 is 1. The maximum Gasteiger partial charge on any atom is 0.347 e. The Labute approximate surface area is 202 Å². The van der Waals surface area contributed by atoms with Gasteiger partial charge in [-0.05, 0) is 35.4 Å². The molecule has 4 aromatic rings. The number of hydrogen-bond acceptors (Lipinski definition) is 6. The first-order valence-electron chi connectivity index (χ1n) is 11.1. The van der Waals surface area contributed by atoms with Crippen molar-refractivity contribution in [3.8, 4) is 5.75 Å². The van der Waals surface area contributed by atoms with Crippen LogP contribution in [0.4, 0.5) is 0 Å². The Morgan fingerprint density at radius 1 is 0.971 bits per heavy atom. The molecule has 0 unspecified atom stereocenters. The van der Waals surface area contributed by atoms with Gasteiger partial charge < -0.3 is 18.8 Å². The molecule has 1 aliphatic rings. The Balaban J connectivity index is 1.87. The number of imidazole rings is 1. The number of rotatable bonds is 7. The van der Waals surface area contributed by atoms with Crippen LogP contribution in [0.2, 0.25) is 0 Å². The number of ether oxygens (including phenoxy) is 2. The van der Waals surface area contributed by atoms with E-state index in [0.717, 1.165) is 6.29 Å². The fraction of sp³-hybridized carbons (Fsp3) is 0.143. The van der Waals surface area contributed by atoms with Crippen LogP contribution in [0.15, 0.2) is 102 Å². The molecule has 0 saturated carbocycles. The highest BCUT2D eigenvalue weighted by atomic mass is 16.6. The number of aldehydes is 1. The van der Waals surface area contributed by atoms with Crippen molar-refractivity contribution in [1.82, 2.24) is 9.55 Å². The molecular weight excluding hydrogens is 442 g/mol. The van der Waals surface area contributed by atoms with Crippen LogP contribution in [0.5, 0.6) is 5.75 Å². The maximum atomic E-state index is 14.0. The Morgan fingerprint density at radius 2 is 1.63 bits per heavy atom. The van der Waals surface area contributed by atoms with Crippen LogP contribution >= 0.6 is 0 Å². The summed E-state index contributed by atoms with van der Waals surface area (Å²) in [5.74, 6) is 0.498. The van der Waals surface area contributed by atoms with Crippen LogP contribution < -0.4 is 4.74 Å². The summed E-state index contributed by atoms with van der Waals surface area (Å²) in [7, 11) is 3.37. The van der Waals surface area contributed by atoms with E-state index < -0.39 is 16.9 Å². The second-order valence-electron chi connectivity index (χ2n) is 8.27. The van der Waals surface area contributed by atoms with Crippen molar-refractivity contribution in [3.05, 3.63) is 120 Å². The highest BCUT2D eigenvalue weighted by Gasteiger charge is 2.66. The monoisotopic (exact) mass is 465 g/mol. The molecule has 1 aliphatic heterocycles. The summed E-state index contributed by atoms with van der Waals surface area (Å²) in [6, 6.07) is 25.2. The Morgan fingerprint density at radius 3 is 2.20 bits per heavy atom. The van der Waals surface area contributed by atoms with E-state index in [4.69, 9.17) is 14.5 Å². The lowest BCUT2D eigenvalue weighted by molar-refractivity contribution is -0.143. The van der Waals surface area contributed by atoms with Gasteiger partial charge in [-0.25, -0.2) is 14.8 Å². The zero-order valence-corrected chi connectivity index (χ0v) is 19.3. The Bertz CT molecular complexity index is 1400. The van der Waals surface area contributed by atoms with Crippen molar-refractivity contribution in [2.24, 2.45) is 12.0 Å². The number of carbonyl (C=O) groups excluding carboxylic acids is 2. The number of cyclic esters (lactones) is 1. The van der Waals surface area contributed by atoms with Crippen molar-refractivity contribution in [2.45, 2.75) is 11.0 Å². The number of benzene rings is 3. The molecule has 0 spiro atoms. The van der Waals surface area contributed by atoms with Gasteiger partial charge in [0.25, 0.3) is 0 Å². The summed E-state index contributed by atoms with van der Waals surface area (Å²) in [6.45, 7) is 0. The van der Waals surface area contributed by atoms with Gasteiger partial charge in [-0.2, -0.15) is 0 Å². The van der Waals surface area contributed by atoms with Crippen LogP contribution in [0, 0.1) is 0 Å². The predicted octanol–water partition coefficient (Wildman–Crippen LogP) is 3.81. The summed E-state index contributed by atoms with van der Waals surface area (Å²) in [5.41, 5.74) is -1.69. The summed E-state index contributed by atoms with van der Waals surface area (Å²) >= 11 is 0. The van der Waals surface area contributed by atoms with Gasteiger partial charge in [0, 0.05) is 25.0 Å². The third-order valence-corrected chi connectivity index (χ3v) is 6.43. The molecule has 2 atom stereocenters. The molecule has 0 N–H and O–H groups in total. The van der Waals surface area contributed by atoms with E-state index in [-0.39, 0.29) is 5.90 Å². The molecule has 3 aromatic carbocycles. The lowest BCUT2D eigenvalue weighted by atomic mass is 9.62. The van der Waals surface area contributed by atoms with Crippen LogP contribution in [-0.2, 0) is 32.3 Å². The fourth-order valence-corrected chi connectivity index (χ4v) is 4.73. The minimum Gasteiger partial charge on any atom is -0.497 e. The zero-order chi connectivity index (χ0) is 24.5. The van der Waals surface area contributed by atoms with Crippen molar-refractivity contribution >= 4 is 18.2 Å². The largest absolute Gasteiger partial charge is 0.497 e. The van der Waals surface area contributed by atoms with Crippen LogP contribution in [-0.4, -0.2) is 34.8 Å². The van der Waals surface area contributed by atoms with Crippen molar-refractivity contribution in [1.29, 1.82) is 0 Å². The van der Waals surface area contributed by atoms with E-state index in [0.29, 0.717) is 28.3 Å². The number of carbonyl (C=O) groups is 2. The van der Waals surface area contributed by atoms with Crippen LogP contribution in [0.3, 0.4) is 0 Å². The lowest BCUT2D eigenvalue weighted by Crippen LogP contribution is -2.55. The Hall–Kier alpha value is -4.52. The van der Waals surface area contributed by atoms with E-state index in [2.05, 4.69) is 4.98 Å². The molecule has 0 amide bonds. The fourth-order valence-electron chi connectivity index (χ4n) is 4.73. The quantitative estimate of drug-likeness (QED) is 0.306. The van der Waals surface area contributed by atoms with Crippen LogP contribution in [0.1, 0.15) is 22.5 Å². The van der Waals surface area contributed by atoms with Crippen molar-refractivity contribution in [3.63, 3.8) is 0 Å². The van der Waals surface area contributed by atoms with Gasteiger partial charge in [0.05, 0.1) is 7.11 Å². The second-order valence-corrected chi connectivity index (χ2v) is 8.27. The number of esters is 1. The SMILES string of the molecule is COc1ccc(C2=N[C@@](c3ccccc3)([C@@](C=O)(c3ccccc3)c3nccn3C)C(=O)O2)cc1. The highest BCUT2D eigenvalue weighted by molar-refractivity contribution is 6.11. The van der Waals surface area contributed by atoms with Gasteiger partial charge >= 0.3 is 5.97 Å². The predicted molar refractivity (Wildman–Crippen MR) is 130 cm³/mol. The first-order valence-corrected chi connectivity index (χ1v) is 11.1. The molecule has 7 nitrogen and oxygen atoms in total. The molecule has 174 valence electrons. The summed E-state index contributed by atoms with van der Waals surface area (Å²) < 4.78 is 12.8. The van der Waals surface area contributed by atoms with Gasteiger partial charge in [0.1, 0.15) is 23.3 Å². The van der Waals surface area contributed by atoms with E-state index in [1.54, 1.807) is 67.5 Å². The highest BCUT2D eigenvalue weighted by Crippen LogP contribution is 2.51. The zero-order valence-electron chi connectivity index (χ0n) is 19.3. The van der Waals surface area contributed by atoms with E-state index in [1.807, 2.05) is 48.5 Å². The van der Waals surface area contributed by atoms with E-state index in [1.165, 1.54) is 0 Å². The summed E-state index contributed by atoms with van der Waals surface area (Å²) in [4.78, 5) is 36.9. The number of hydrogen-bond donors (Lipinski definition) is 0. The number of nitrogens with zero attached hydrogens (tertiary/aromatic N) is 3. The first kappa shape index (κ1) is 22.3. The molecule has 0 aliphatic carbocycles. The van der Waals surface area contributed by atoms with Gasteiger partial charge in [0.2, 0.25) is 11.4 Å².